The van der Waals surface area contributed by atoms with Crippen molar-refractivity contribution in [2.75, 3.05) is 46.4 Å². The number of nitrogens with zero attached hydrogens (tertiary/aromatic N) is 3. The van der Waals surface area contributed by atoms with E-state index >= 15 is 0 Å². The Morgan fingerprint density at radius 1 is 0.974 bits per heavy atom. The van der Waals surface area contributed by atoms with Crippen LogP contribution < -0.4 is 10.1 Å². The van der Waals surface area contributed by atoms with Gasteiger partial charge in [-0.1, -0.05) is 36.8 Å². The van der Waals surface area contributed by atoms with Crippen molar-refractivity contribution in [3.05, 3.63) is 71.4 Å². The summed E-state index contributed by atoms with van der Waals surface area (Å²) in [6.45, 7) is 5.05. The van der Waals surface area contributed by atoms with Gasteiger partial charge in [0, 0.05) is 51.4 Å². The number of amides is 3. The number of para-hydroxylation sites is 1. The molecule has 0 bridgehead atoms. The third kappa shape index (κ3) is 5.93. The zero-order valence-corrected chi connectivity index (χ0v) is 22.6. The molecule has 9 heteroatoms. The van der Waals surface area contributed by atoms with E-state index in [0.717, 1.165) is 24.8 Å². The highest BCUT2D eigenvalue weighted by atomic mass is 16.5. The molecule has 2 fully saturated rings. The molecule has 0 aromatic heterocycles. The van der Waals surface area contributed by atoms with Crippen molar-refractivity contribution < 1.29 is 23.9 Å². The molecular weight excluding hydrogens is 496 g/mol. The summed E-state index contributed by atoms with van der Waals surface area (Å²) in [6, 6.07) is 15.9. The summed E-state index contributed by atoms with van der Waals surface area (Å²) >= 11 is 0. The maximum Gasteiger partial charge on any atom is 0.338 e. The Kier molecular flexibility index (Phi) is 8.16. The first kappa shape index (κ1) is 26.7. The summed E-state index contributed by atoms with van der Waals surface area (Å²) < 4.78 is 11.5. The summed E-state index contributed by atoms with van der Waals surface area (Å²) in [5, 5.41) is 2.98. The van der Waals surface area contributed by atoms with Gasteiger partial charge in [0.1, 0.15) is 11.5 Å². The Morgan fingerprint density at radius 3 is 2.36 bits per heavy atom. The van der Waals surface area contributed by atoms with E-state index in [2.05, 4.69) is 10.2 Å². The maximum absolute atomic E-state index is 13.4. The Balaban J connectivity index is 1.40. The van der Waals surface area contributed by atoms with Crippen molar-refractivity contribution in [1.29, 1.82) is 0 Å². The Morgan fingerprint density at radius 2 is 1.69 bits per heavy atom. The monoisotopic (exact) mass is 532 g/mol. The molecule has 2 heterocycles. The molecule has 2 aromatic rings. The third-order valence-electron chi connectivity index (χ3n) is 7.75. The lowest BCUT2D eigenvalue weighted by atomic mass is 9.84. The highest BCUT2D eigenvalue weighted by Gasteiger charge is 2.38. The molecule has 2 aromatic carbocycles. The van der Waals surface area contributed by atoms with Crippen LogP contribution in [0.4, 0.5) is 4.79 Å². The van der Waals surface area contributed by atoms with Crippen LogP contribution in [0, 0.1) is 5.92 Å². The second kappa shape index (κ2) is 11.9. The van der Waals surface area contributed by atoms with Gasteiger partial charge in [-0.25, -0.2) is 9.59 Å². The van der Waals surface area contributed by atoms with Gasteiger partial charge in [-0.05, 0) is 49.6 Å². The molecule has 39 heavy (non-hydrogen) atoms. The maximum atomic E-state index is 13.4. The number of likely N-dealkylation sites (N-methyl/N-ethyl adjacent to an activating group) is 1. The van der Waals surface area contributed by atoms with Crippen molar-refractivity contribution in [2.45, 2.75) is 32.2 Å². The molecule has 1 atom stereocenters. The number of carbonyl (C=O) groups excluding carboxylic acids is 3. The highest BCUT2D eigenvalue weighted by Crippen LogP contribution is 2.34. The molecule has 1 aliphatic carbocycles. The number of urea groups is 1. The van der Waals surface area contributed by atoms with Gasteiger partial charge in [0.2, 0.25) is 5.91 Å². The van der Waals surface area contributed by atoms with Crippen molar-refractivity contribution in [3.8, 4) is 11.5 Å². The Labute approximate surface area is 229 Å². The summed E-state index contributed by atoms with van der Waals surface area (Å²) in [6.07, 6.45) is 3.12. The van der Waals surface area contributed by atoms with Gasteiger partial charge in [-0.15, -0.1) is 0 Å². The predicted molar refractivity (Wildman–Crippen MR) is 146 cm³/mol. The number of carbonyl (C=O) groups is 3. The Hall–Kier alpha value is -3.85. The molecule has 0 radical (unpaired) electrons. The molecule has 3 amide bonds. The first-order chi connectivity index (χ1) is 18.9. The first-order valence-corrected chi connectivity index (χ1v) is 13.7. The second-order valence-corrected chi connectivity index (χ2v) is 10.2. The standard InChI is InChI=1S/C30H36N4O5/c1-3-38-29(36)26-25(20-33-15-17-34(18-16-33)28(35)21-9-7-10-21)32(2)30(37)31-27(26)22-11-8-14-24(19-22)39-23-12-5-4-6-13-23/h4-6,8,11-14,19,21,27H,3,7,9-10,15-18,20H2,1-2H3,(H,31,37). The minimum absolute atomic E-state index is 0.185. The summed E-state index contributed by atoms with van der Waals surface area (Å²) in [4.78, 5) is 44.8. The van der Waals surface area contributed by atoms with Crippen LogP contribution in [0.2, 0.25) is 0 Å². The molecule has 9 nitrogen and oxygen atoms in total. The molecule has 1 saturated heterocycles. The number of piperazine rings is 1. The number of hydrogen-bond acceptors (Lipinski definition) is 6. The third-order valence-corrected chi connectivity index (χ3v) is 7.75. The topological polar surface area (TPSA) is 91.4 Å². The predicted octanol–water partition coefficient (Wildman–Crippen LogP) is 3.94. The number of benzene rings is 2. The average Bonchev–Trinajstić information content (AvgIpc) is 2.91. The minimum Gasteiger partial charge on any atom is -0.463 e. The SMILES string of the molecule is CCOC(=O)C1=C(CN2CCN(C(=O)C3CCC3)CC2)N(C)C(=O)NC1c1cccc(Oc2ccccc2)c1. The summed E-state index contributed by atoms with van der Waals surface area (Å²) in [5.41, 5.74) is 1.74. The number of esters is 1. The number of nitrogens with one attached hydrogen (secondary N) is 1. The van der Waals surface area contributed by atoms with Crippen LogP contribution in [-0.2, 0) is 14.3 Å². The van der Waals surface area contributed by atoms with E-state index in [0.29, 0.717) is 55.5 Å². The number of rotatable bonds is 8. The van der Waals surface area contributed by atoms with Crippen LogP contribution in [0.25, 0.3) is 0 Å². The van der Waals surface area contributed by atoms with Crippen molar-refractivity contribution in [3.63, 3.8) is 0 Å². The highest BCUT2D eigenvalue weighted by molar-refractivity contribution is 5.95. The van der Waals surface area contributed by atoms with E-state index in [1.165, 1.54) is 4.90 Å². The lowest BCUT2D eigenvalue weighted by molar-refractivity contribution is -0.140. The van der Waals surface area contributed by atoms with E-state index in [-0.39, 0.29) is 24.5 Å². The average molecular weight is 533 g/mol. The lowest BCUT2D eigenvalue weighted by Gasteiger charge is -2.41. The normalized spacial score (nSPS) is 20.4. The van der Waals surface area contributed by atoms with Crippen LogP contribution in [0.1, 0.15) is 37.8 Å². The molecule has 1 unspecified atom stereocenters. The van der Waals surface area contributed by atoms with Gasteiger partial charge in [0.15, 0.2) is 0 Å². The van der Waals surface area contributed by atoms with Crippen molar-refractivity contribution in [2.24, 2.45) is 5.92 Å². The second-order valence-electron chi connectivity index (χ2n) is 10.2. The zero-order valence-electron chi connectivity index (χ0n) is 22.6. The first-order valence-electron chi connectivity index (χ1n) is 13.7. The minimum atomic E-state index is -0.691. The molecule has 2 aliphatic heterocycles. The quantitative estimate of drug-likeness (QED) is 0.518. The Bertz CT molecular complexity index is 1230. The van der Waals surface area contributed by atoms with E-state index < -0.39 is 12.0 Å². The van der Waals surface area contributed by atoms with Crippen molar-refractivity contribution in [1.82, 2.24) is 20.0 Å². The van der Waals surface area contributed by atoms with Crippen LogP contribution in [0.3, 0.4) is 0 Å². The molecule has 3 aliphatic rings. The van der Waals surface area contributed by atoms with Crippen LogP contribution in [0.5, 0.6) is 11.5 Å². The van der Waals surface area contributed by atoms with Crippen LogP contribution >= 0.6 is 0 Å². The molecular formula is C30H36N4O5. The zero-order chi connectivity index (χ0) is 27.4. The van der Waals surface area contributed by atoms with E-state index in [1.807, 2.05) is 59.5 Å². The molecule has 5 rings (SSSR count). The van der Waals surface area contributed by atoms with E-state index in [4.69, 9.17) is 9.47 Å². The summed E-state index contributed by atoms with van der Waals surface area (Å²) in [5.74, 6) is 1.28. The van der Waals surface area contributed by atoms with Crippen LogP contribution in [-0.4, -0.2) is 79.0 Å². The molecule has 1 N–H and O–H groups in total. The van der Waals surface area contributed by atoms with Gasteiger partial charge in [-0.3, -0.25) is 14.6 Å². The number of hydrogen-bond donors (Lipinski definition) is 1. The largest absolute Gasteiger partial charge is 0.463 e. The molecule has 0 spiro atoms. The molecule has 206 valence electrons. The van der Waals surface area contributed by atoms with Crippen molar-refractivity contribution >= 4 is 17.9 Å². The lowest BCUT2D eigenvalue weighted by Crippen LogP contribution is -2.54. The van der Waals surface area contributed by atoms with Gasteiger partial charge >= 0.3 is 12.0 Å². The van der Waals surface area contributed by atoms with Gasteiger partial charge in [-0.2, -0.15) is 0 Å². The smallest absolute Gasteiger partial charge is 0.338 e. The fraction of sp³-hybridized carbons (Fsp3) is 0.433. The fourth-order valence-corrected chi connectivity index (χ4v) is 5.28. The van der Waals surface area contributed by atoms with Gasteiger partial charge < -0.3 is 19.7 Å². The van der Waals surface area contributed by atoms with Gasteiger partial charge in [0.05, 0.1) is 18.2 Å². The van der Waals surface area contributed by atoms with Crippen LogP contribution in [0.15, 0.2) is 65.9 Å². The fourth-order valence-electron chi connectivity index (χ4n) is 5.28. The van der Waals surface area contributed by atoms with Gasteiger partial charge in [0.25, 0.3) is 0 Å². The number of ether oxygens (including phenoxy) is 2. The van der Waals surface area contributed by atoms with E-state index in [1.54, 1.807) is 14.0 Å². The molecule has 1 saturated carbocycles. The summed E-state index contributed by atoms with van der Waals surface area (Å²) in [7, 11) is 1.67. The van der Waals surface area contributed by atoms with E-state index in [9.17, 15) is 14.4 Å².